The first kappa shape index (κ1) is 27.7. The van der Waals surface area contributed by atoms with Gasteiger partial charge in [0, 0.05) is 0 Å². The summed E-state index contributed by atoms with van der Waals surface area (Å²) in [6.07, 6.45) is -1.94. The summed E-state index contributed by atoms with van der Waals surface area (Å²) in [5.41, 5.74) is -2.61. The summed E-state index contributed by atoms with van der Waals surface area (Å²) in [7, 11) is 0. The van der Waals surface area contributed by atoms with E-state index in [4.69, 9.17) is 10.2 Å². The Morgan fingerprint density at radius 3 is 1.83 bits per heavy atom. The molecular formula is C8H15Na3O7. The molecule has 18 heavy (non-hydrogen) atoms. The van der Waals surface area contributed by atoms with Crippen LogP contribution in [0.3, 0.4) is 0 Å². The van der Waals surface area contributed by atoms with Gasteiger partial charge in [0.2, 0.25) is 0 Å². The van der Waals surface area contributed by atoms with E-state index < -0.39 is 36.4 Å². The Balaban J connectivity index is -0.0000000653. The van der Waals surface area contributed by atoms with Crippen LogP contribution < -0.4 is 88.7 Å². The maximum absolute atomic E-state index is 10.9. The average molecular weight is 292 g/mol. The van der Waals surface area contributed by atoms with Gasteiger partial charge in [-0.3, -0.25) is 9.59 Å². The number of carbonyl (C=O) groups is 3. The molecule has 0 aliphatic carbocycles. The third kappa shape index (κ3) is 11.2. The number of carbonyl (C=O) groups excluding carboxylic acids is 1. The molecule has 0 saturated heterocycles. The minimum Gasteiger partial charge on any atom is -1.00 e. The summed E-state index contributed by atoms with van der Waals surface area (Å²) >= 11 is 0. The van der Waals surface area contributed by atoms with Gasteiger partial charge in [-0.05, 0) is 6.92 Å². The van der Waals surface area contributed by atoms with Crippen LogP contribution in [0.4, 0.5) is 0 Å². The van der Waals surface area contributed by atoms with E-state index in [-0.39, 0.29) is 99.6 Å². The molecule has 0 fully saturated rings. The van der Waals surface area contributed by atoms with Gasteiger partial charge in [0.05, 0.1) is 19.4 Å². The van der Waals surface area contributed by atoms with Crippen LogP contribution in [0.5, 0.6) is 0 Å². The molecule has 0 spiro atoms. The second kappa shape index (κ2) is 13.4. The summed E-state index contributed by atoms with van der Waals surface area (Å²) in [5.74, 6) is -4.23. The summed E-state index contributed by atoms with van der Waals surface area (Å²) in [5, 5.41) is 26.3. The van der Waals surface area contributed by atoms with E-state index in [1.807, 2.05) is 0 Å². The van der Waals surface area contributed by atoms with E-state index in [1.54, 1.807) is 0 Å². The van der Waals surface area contributed by atoms with Crippen LogP contribution in [0.1, 0.15) is 24.0 Å². The smallest absolute Gasteiger partial charge is 1.00 e. The molecule has 10 heteroatoms. The van der Waals surface area contributed by atoms with E-state index in [9.17, 15) is 19.5 Å². The Hall–Kier alpha value is 1.37. The fourth-order valence-corrected chi connectivity index (χ4v) is 0.915. The van der Waals surface area contributed by atoms with Crippen LogP contribution in [-0.2, 0) is 19.1 Å². The van der Waals surface area contributed by atoms with Crippen molar-refractivity contribution < 1.29 is 127 Å². The quantitative estimate of drug-likeness (QED) is 0.328. The average Bonchev–Trinajstić information content (AvgIpc) is 2.01. The molecule has 0 aliphatic rings. The number of esters is 1. The molecule has 0 rings (SSSR count). The number of aliphatic carboxylic acids is 2. The first-order valence-electron chi connectivity index (χ1n) is 4.15. The molecule has 0 aliphatic heterocycles. The molecule has 0 heterocycles. The molecular weight excluding hydrogens is 277 g/mol. The van der Waals surface area contributed by atoms with Gasteiger partial charge in [-0.15, -0.1) is 0 Å². The zero-order valence-electron chi connectivity index (χ0n) is 14.1. The number of aliphatic hydroxyl groups is 1. The van der Waals surface area contributed by atoms with Crippen molar-refractivity contribution in [3.63, 3.8) is 0 Å². The van der Waals surface area contributed by atoms with E-state index in [0.717, 1.165) is 0 Å². The number of rotatable bonds is 6. The van der Waals surface area contributed by atoms with Crippen molar-refractivity contribution in [2.24, 2.45) is 0 Å². The van der Waals surface area contributed by atoms with Crippen molar-refractivity contribution >= 4 is 17.9 Å². The zero-order chi connectivity index (χ0) is 12.1. The second-order valence-electron chi connectivity index (χ2n) is 2.89. The molecule has 1 atom stereocenters. The maximum Gasteiger partial charge on any atom is 1.00 e. The Morgan fingerprint density at radius 2 is 1.56 bits per heavy atom. The topological polar surface area (TPSA) is 121 Å². The van der Waals surface area contributed by atoms with E-state index >= 15 is 0 Å². The molecule has 0 aromatic carbocycles. The SMILES string of the molecule is CCOC(=O)CC(O)(CC(=O)O)C(=O)O.[H-].[H-].[H-].[Na+].[Na+].[Na+]. The number of carboxylic acids is 2. The Bertz CT molecular complexity index is 296. The summed E-state index contributed by atoms with van der Waals surface area (Å²) in [6.45, 7) is 1.54. The largest absolute Gasteiger partial charge is 1.00 e. The normalized spacial score (nSPS) is 11.7. The van der Waals surface area contributed by atoms with E-state index in [1.165, 1.54) is 6.92 Å². The molecule has 7 nitrogen and oxygen atoms in total. The van der Waals surface area contributed by atoms with Gasteiger partial charge >= 0.3 is 107 Å². The van der Waals surface area contributed by atoms with Crippen LogP contribution in [0.25, 0.3) is 0 Å². The minimum atomic E-state index is -2.61. The zero-order valence-corrected chi connectivity index (χ0v) is 17.1. The van der Waals surface area contributed by atoms with Crippen molar-refractivity contribution in [2.75, 3.05) is 6.61 Å². The molecule has 0 bridgehead atoms. The summed E-state index contributed by atoms with van der Waals surface area (Å²) in [6, 6.07) is 0. The first-order chi connectivity index (χ1) is 6.81. The Labute approximate surface area is 175 Å². The molecule has 0 aromatic heterocycles. The van der Waals surface area contributed by atoms with Crippen LogP contribution in [0, 0.1) is 0 Å². The predicted molar refractivity (Wildman–Crippen MR) is 49.4 cm³/mol. The number of hydrogen-bond acceptors (Lipinski definition) is 5. The molecule has 3 N–H and O–H groups in total. The minimum absolute atomic E-state index is 0. The van der Waals surface area contributed by atoms with Crippen LogP contribution >= 0.6 is 0 Å². The fourth-order valence-electron chi connectivity index (χ4n) is 0.915. The first-order valence-corrected chi connectivity index (χ1v) is 4.15. The number of carboxylic acid groups (broad SMARTS) is 2. The standard InChI is InChI=1S/C8H12O7.3Na.3H/c1-2-15-6(11)4-8(14,7(12)13)3-5(9)10;;;;;;/h14H,2-4H2,1H3,(H,9,10)(H,12,13);;;;;;/q;3*+1;3*-1. The molecule has 0 radical (unpaired) electrons. The van der Waals surface area contributed by atoms with Crippen molar-refractivity contribution in [3.05, 3.63) is 0 Å². The monoisotopic (exact) mass is 292 g/mol. The van der Waals surface area contributed by atoms with Gasteiger partial charge in [0.1, 0.15) is 0 Å². The molecule has 0 saturated carbocycles. The van der Waals surface area contributed by atoms with Crippen LogP contribution in [-0.4, -0.2) is 45.4 Å². The molecule has 0 amide bonds. The van der Waals surface area contributed by atoms with Crippen molar-refractivity contribution in [3.8, 4) is 0 Å². The molecule has 1 unspecified atom stereocenters. The predicted octanol–water partition coefficient (Wildman–Crippen LogP) is -9.42. The van der Waals surface area contributed by atoms with Gasteiger partial charge in [0.25, 0.3) is 0 Å². The summed E-state index contributed by atoms with van der Waals surface area (Å²) in [4.78, 5) is 31.8. The van der Waals surface area contributed by atoms with E-state index in [2.05, 4.69) is 4.74 Å². The van der Waals surface area contributed by atoms with E-state index in [0.29, 0.717) is 0 Å². The van der Waals surface area contributed by atoms with Gasteiger partial charge in [-0.25, -0.2) is 4.79 Å². The maximum atomic E-state index is 10.9. The number of ether oxygens (including phenoxy) is 1. The second-order valence-corrected chi connectivity index (χ2v) is 2.89. The fraction of sp³-hybridized carbons (Fsp3) is 0.625. The third-order valence-electron chi connectivity index (χ3n) is 1.58. The molecule has 0 aromatic rings. The number of hydrogen-bond donors (Lipinski definition) is 3. The van der Waals surface area contributed by atoms with Crippen LogP contribution in [0.15, 0.2) is 0 Å². The Morgan fingerprint density at radius 1 is 1.11 bits per heavy atom. The van der Waals surface area contributed by atoms with Crippen molar-refractivity contribution in [1.29, 1.82) is 0 Å². The van der Waals surface area contributed by atoms with Crippen molar-refractivity contribution in [1.82, 2.24) is 0 Å². The van der Waals surface area contributed by atoms with Gasteiger partial charge in [-0.2, -0.15) is 0 Å². The van der Waals surface area contributed by atoms with Crippen LogP contribution in [0.2, 0.25) is 0 Å². The van der Waals surface area contributed by atoms with Gasteiger partial charge in [0.15, 0.2) is 5.60 Å². The Kier molecular flexibility index (Phi) is 20.5. The van der Waals surface area contributed by atoms with Gasteiger partial charge in [-0.1, -0.05) is 0 Å². The van der Waals surface area contributed by atoms with Gasteiger partial charge < -0.3 is 24.3 Å². The summed E-state index contributed by atoms with van der Waals surface area (Å²) < 4.78 is 4.41. The third-order valence-corrected chi connectivity index (χ3v) is 1.58. The van der Waals surface area contributed by atoms with Crippen molar-refractivity contribution in [2.45, 2.75) is 25.4 Å². The molecule has 92 valence electrons.